The largest absolute Gasteiger partial charge is 0.495 e. The summed E-state index contributed by atoms with van der Waals surface area (Å²) in [7, 11) is 1.59. The monoisotopic (exact) mass is 367 g/mol. The minimum atomic E-state index is -0.120. The van der Waals surface area contributed by atoms with Gasteiger partial charge in [0.15, 0.2) is 5.78 Å². The van der Waals surface area contributed by atoms with Gasteiger partial charge in [0.05, 0.1) is 12.8 Å². The average Bonchev–Trinajstić information content (AvgIpc) is 2.68. The highest BCUT2D eigenvalue weighted by Crippen LogP contribution is 2.26. The second-order valence-corrected chi connectivity index (χ2v) is 6.71. The van der Waals surface area contributed by atoms with E-state index in [0.717, 1.165) is 24.3 Å². The SMILES string of the molecule is COc1ccc(C)cc1NC(=O)N1CCN(c2ccc(C(C)=O)cc2)CC1. The number of anilines is 2. The first-order valence-corrected chi connectivity index (χ1v) is 9.04. The van der Waals surface area contributed by atoms with Crippen LogP contribution < -0.4 is 15.0 Å². The van der Waals surface area contributed by atoms with Gasteiger partial charge in [0, 0.05) is 37.4 Å². The molecule has 1 aliphatic heterocycles. The van der Waals surface area contributed by atoms with Crippen LogP contribution in [0.1, 0.15) is 22.8 Å². The Morgan fingerprint density at radius 1 is 1.00 bits per heavy atom. The van der Waals surface area contributed by atoms with E-state index in [9.17, 15) is 9.59 Å². The molecule has 0 spiro atoms. The van der Waals surface area contributed by atoms with Crippen molar-refractivity contribution in [2.45, 2.75) is 13.8 Å². The number of methoxy groups -OCH3 is 1. The lowest BCUT2D eigenvalue weighted by atomic mass is 10.1. The summed E-state index contributed by atoms with van der Waals surface area (Å²) in [4.78, 5) is 28.0. The summed E-state index contributed by atoms with van der Waals surface area (Å²) in [6.07, 6.45) is 0. The molecule has 1 N–H and O–H groups in total. The first-order valence-electron chi connectivity index (χ1n) is 9.04. The van der Waals surface area contributed by atoms with E-state index in [1.807, 2.05) is 54.3 Å². The van der Waals surface area contributed by atoms with Gasteiger partial charge in [-0.3, -0.25) is 4.79 Å². The van der Waals surface area contributed by atoms with Crippen molar-refractivity contribution in [1.82, 2.24) is 4.90 Å². The van der Waals surface area contributed by atoms with Crippen molar-refractivity contribution < 1.29 is 14.3 Å². The number of nitrogens with one attached hydrogen (secondary N) is 1. The van der Waals surface area contributed by atoms with Gasteiger partial charge in [0.2, 0.25) is 0 Å². The van der Waals surface area contributed by atoms with E-state index in [2.05, 4.69) is 10.2 Å². The molecule has 6 heteroatoms. The van der Waals surface area contributed by atoms with E-state index in [1.165, 1.54) is 0 Å². The molecule has 2 aromatic carbocycles. The Hall–Kier alpha value is -3.02. The number of ether oxygens (including phenoxy) is 1. The molecule has 2 amide bonds. The van der Waals surface area contributed by atoms with E-state index in [-0.39, 0.29) is 11.8 Å². The first kappa shape index (κ1) is 18.8. The maximum atomic E-state index is 12.6. The number of carbonyl (C=O) groups excluding carboxylic acids is 2. The predicted molar refractivity (Wildman–Crippen MR) is 107 cm³/mol. The van der Waals surface area contributed by atoms with E-state index < -0.39 is 0 Å². The fourth-order valence-corrected chi connectivity index (χ4v) is 3.19. The molecule has 1 aliphatic rings. The highest BCUT2D eigenvalue weighted by atomic mass is 16.5. The van der Waals surface area contributed by atoms with E-state index in [0.29, 0.717) is 30.1 Å². The minimum Gasteiger partial charge on any atom is -0.495 e. The fourth-order valence-electron chi connectivity index (χ4n) is 3.19. The van der Waals surface area contributed by atoms with Crippen molar-refractivity contribution in [3.8, 4) is 5.75 Å². The van der Waals surface area contributed by atoms with Crippen LogP contribution in [0.5, 0.6) is 5.75 Å². The number of hydrogen-bond acceptors (Lipinski definition) is 4. The van der Waals surface area contributed by atoms with Gasteiger partial charge < -0.3 is 19.9 Å². The number of rotatable bonds is 4. The second kappa shape index (κ2) is 8.12. The Labute approximate surface area is 159 Å². The Bertz CT molecular complexity index is 825. The van der Waals surface area contributed by atoms with E-state index >= 15 is 0 Å². The lowest BCUT2D eigenvalue weighted by molar-refractivity contribution is 0.101. The van der Waals surface area contributed by atoms with Crippen molar-refractivity contribution in [2.24, 2.45) is 0 Å². The zero-order valence-electron chi connectivity index (χ0n) is 16.0. The van der Waals surface area contributed by atoms with Crippen LogP contribution in [0, 0.1) is 6.92 Å². The van der Waals surface area contributed by atoms with Gasteiger partial charge in [-0.1, -0.05) is 6.07 Å². The number of ketones is 1. The summed E-state index contributed by atoms with van der Waals surface area (Å²) < 4.78 is 5.32. The summed E-state index contributed by atoms with van der Waals surface area (Å²) in [5.74, 6) is 0.716. The lowest BCUT2D eigenvalue weighted by Crippen LogP contribution is -2.50. The second-order valence-electron chi connectivity index (χ2n) is 6.71. The van der Waals surface area contributed by atoms with Crippen LogP contribution in [0.25, 0.3) is 0 Å². The topological polar surface area (TPSA) is 61.9 Å². The maximum Gasteiger partial charge on any atom is 0.322 e. The van der Waals surface area contributed by atoms with Crippen LogP contribution in [0.2, 0.25) is 0 Å². The zero-order chi connectivity index (χ0) is 19.4. The molecule has 1 heterocycles. The van der Waals surface area contributed by atoms with Crippen molar-refractivity contribution in [1.29, 1.82) is 0 Å². The Morgan fingerprint density at radius 3 is 2.26 bits per heavy atom. The van der Waals surface area contributed by atoms with Crippen LogP contribution in [0.3, 0.4) is 0 Å². The molecule has 0 saturated carbocycles. The molecule has 0 atom stereocenters. The standard InChI is InChI=1S/C21H25N3O3/c1-15-4-9-20(27-3)19(14-15)22-21(26)24-12-10-23(11-13-24)18-7-5-17(6-8-18)16(2)25/h4-9,14H,10-13H2,1-3H3,(H,22,26). The minimum absolute atomic E-state index is 0.0645. The number of piperazine rings is 1. The number of aryl methyl sites for hydroxylation is 1. The van der Waals surface area contributed by atoms with Gasteiger partial charge in [-0.15, -0.1) is 0 Å². The number of hydrogen-bond donors (Lipinski definition) is 1. The zero-order valence-corrected chi connectivity index (χ0v) is 16.0. The number of Topliss-reactive ketones (excluding diaryl/α,β-unsaturated/α-hetero) is 1. The van der Waals surface area contributed by atoms with Crippen LogP contribution in [0.4, 0.5) is 16.2 Å². The third-order valence-electron chi connectivity index (χ3n) is 4.80. The van der Waals surface area contributed by atoms with Crippen molar-refractivity contribution >= 4 is 23.2 Å². The van der Waals surface area contributed by atoms with Crippen molar-refractivity contribution in [3.63, 3.8) is 0 Å². The molecule has 2 aromatic rings. The van der Waals surface area contributed by atoms with Gasteiger partial charge in [-0.2, -0.15) is 0 Å². The highest BCUT2D eigenvalue weighted by Gasteiger charge is 2.22. The molecule has 0 aliphatic carbocycles. The maximum absolute atomic E-state index is 12.6. The third-order valence-corrected chi connectivity index (χ3v) is 4.80. The summed E-state index contributed by atoms with van der Waals surface area (Å²) in [5, 5.41) is 2.95. The van der Waals surface area contributed by atoms with Crippen LogP contribution in [-0.4, -0.2) is 50.0 Å². The van der Waals surface area contributed by atoms with Crippen LogP contribution in [0.15, 0.2) is 42.5 Å². The Balaban J connectivity index is 1.59. The summed E-state index contributed by atoms with van der Waals surface area (Å²) >= 11 is 0. The fraction of sp³-hybridized carbons (Fsp3) is 0.333. The Kier molecular flexibility index (Phi) is 5.64. The normalized spacial score (nSPS) is 14.0. The van der Waals surface area contributed by atoms with Gasteiger partial charge in [0.1, 0.15) is 5.75 Å². The van der Waals surface area contributed by atoms with E-state index in [1.54, 1.807) is 14.0 Å². The summed E-state index contributed by atoms with van der Waals surface area (Å²) in [5.41, 5.74) is 3.53. The molecule has 0 radical (unpaired) electrons. The smallest absolute Gasteiger partial charge is 0.322 e. The molecule has 27 heavy (non-hydrogen) atoms. The third kappa shape index (κ3) is 4.39. The van der Waals surface area contributed by atoms with Crippen molar-refractivity contribution in [2.75, 3.05) is 43.5 Å². The number of urea groups is 1. The average molecular weight is 367 g/mol. The van der Waals surface area contributed by atoms with Gasteiger partial charge >= 0.3 is 6.03 Å². The number of carbonyl (C=O) groups is 2. The molecular weight excluding hydrogens is 342 g/mol. The van der Waals surface area contributed by atoms with Gasteiger partial charge in [-0.25, -0.2) is 4.79 Å². The van der Waals surface area contributed by atoms with E-state index in [4.69, 9.17) is 4.74 Å². The quantitative estimate of drug-likeness (QED) is 0.840. The molecule has 142 valence electrons. The molecule has 1 saturated heterocycles. The number of nitrogens with zero attached hydrogens (tertiary/aromatic N) is 2. The van der Waals surface area contributed by atoms with Gasteiger partial charge in [-0.05, 0) is 55.8 Å². The predicted octanol–water partition coefficient (Wildman–Crippen LogP) is 3.56. The van der Waals surface area contributed by atoms with Crippen molar-refractivity contribution in [3.05, 3.63) is 53.6 Å². The summed E-state index contributed by atoms with van der Waals surface area (Å²) in [6.45, 7) is 6.30. The molecule has 1 fully saturated rings. The molecule has 3 rings (SSSR count). The van der Waals surface area contributed by atoms with Gasteiger partial charge in [0.25, 0.3) is 0 Å². The number of amides is 2. The molecule has 0 aromatic heterocycles. The van der Waals surface area contributed by atoms with Crippen LogP contribution >= 0.6 is 0 Å². The first-order chi connectivity index (χ1) is 13.0. The lowest BCUT2D eigenvalue weighted by Gasteiger charge is -2.36. The molecule has 0 bridgehead atoms. The number of benzene rings is 2. The molecular formula is C21H25N3O3. The van der Waals surface area contributed by atoms with Crippen LogP contribution in [-0.2, 0) is 0 Å². The molecule has 6 nitrogen and oxygen atoms in total. The Morgan fingerprint density at radius 2 is 1.67 bits per heavy atom. The highest BCUT2D eigenvalue weighted by molar-refractivity contribution is 5.94. The summed E-state index contributed by atoms with van der Waals surface area (Å²) in [6, 6.07) is 13.2. The molecule has 0 unspecified atom stereocenters.